The predicted octanol–water partition coefficient (Wildman–Crippen LogP) is 2.08. The summed E-state index contributed by atoms with van der Waals surface area (Å²) in [7, 11) is 1.33. The van der Waals surface area contributed by atoms with E-state index >= 15 is 0 Å². The number of esters is 1. The van der Waals surface area contributed by atoms with E-state index in [1.54, 1.807) is 0 Å². The molecule has 5 nitrogen and oxygen atoms in total. The van der Waals surface area contributed by atoms with Crippen molar-refractivity contribution >= 4 is 11.8 Å². The van der Waals surface area contributed by atoms with Crippen LogP contribution in [0.1, 0.15) is 45.4 Å². The molecule has 5 heteroatoms. The normalized spacial score (nSPS) is 26.4. The maximum absolute atomic E-state index is 12.8. The minimum Gasteiger partial charge on any atom is -0.468 e. The van der Waals surface area contributed by atoms with Crippen molar-refractivity contribution in [2.75, 3.05) is 20.3 Å². The van der Waals surface area contributed by atoms with Crippen molar-refractivity contribution in [2.45, 2.75) is 51.2 Å². The smallest absolute Gasteiger partial charge is 0.316 e. The molecule has 1 spiro atoms. The second-order valence-corrected chi connectivity index (χ2v) is 5.57. The lowest BCUT2D eigenvalue weighted by Gasteiger charge is -2.39. The van der Waals surface area contributed by atoms with Gasteiger partial charge in [0, 0.05) is 6.42 Å². The van der Waals surface area contributed by atoms with Gasteiger partial charge in [-0.1, -0.05) is 19.8 Å². The standard InChI is InChI=1S/C15H24O5/c1-3-6-11(14(17)18-2)13(16)12-7-4-5-8-15(12)19-9-10-20-15/h11-12H,3-10H2,1-2H3. The Balaban J connectivity index is 2.17. The fourth-order valence-corrected chi connectivity index (χ4v) is 3.34. The molecule has 0 aromatic carbocycles. The number of ketones is 1. The van der Waals surface area contributed by atoms with Gasteiger partial charge >= 0.3 is 5.97 Å². The summed E-state index contributed by atoms with van der Waals surface area (Å²) >= 11 is 0. The number of carbonyl (C=O) groups is 2. The van der Waals surface area contributed by atoms with E-state index in [0.29, 0.717) is 19.6 Å². The maximum Gasteiger partial charge on any atom is 0.316 e. The zero-order valence-corrected chi connectivity index (χ0v) is 12.4. The highest BCUT2D eigenvalue weighted by Gasteiger charge is 2.51. The highest BCUT2D eigenvalue weighted by molar-refractivity contribution is 6.00. The Morgan fingerprint density at radius 2 is 2.00 bits per heavy atom. The van der Waals surface area contributed by atoms with E-state index in [-0.39, 0.29) is 11.7 Å². The van der Waals surface area contributed by atoms with Crippen molar-refractivity contribution in [3.63, 3.8) is 0 Å². The van der Waals surface area contributed by atoms with E-state index in [1.165, 1.54) is 7.11 Å². The second kappa shape index (κ2) is 6.68. The molecule has 1 saturated carbocycles. The summed E-state index contributed by atoms with van der Waals surface area (Å²) in [6.07, 6.45) is 4.75. The molecule has 114 valence electrons. The molecule has 0 aromatic heterocycles. The van der Waals surface area contributed by atoms with Crippen LogP contribution in [-0.2, 0) is 23.8 Å². The van der Waals surface area contributed by atoms with Gasteiger partial charge in [0.05, 0.1) is 26.2 Å². The van der Waals surface area contributed by atoms with E-state index in [0.717, 1.165) is 32.1 Å². The van der Waals surface area contributed by atoms with Crippen LogP contribution in [0.25, 0.3) is 0 Å². The largest absolute Gasteiger partial charge is 0.468 e. The van der Waals surface area contributed by atoms with Gasteiger partial charge in [-0.25, -0.2) is 0 Å². The molecule has 0 amide bonds. The number of hydrogen-bond acceptors (Lipinski definition) is 5. The van der Waals surface area contributed by atoms with Crippen molar-refractivity contribution in [3.05, 3.63) is 0 Å². The molecule has 2 fully saturated rings. The minimum atomic E-state index is -0.782. The highest BCUT2D eigenvalue weighted by atomic mass is 16.7. The molecule has 0 bridgehead atoms. The number of methoxy groups -OCH3 is 1. The summed E-state index contributed by atoms with van der Waals surface area (Å²) in [5, 5.41) is 0. The zero-order valence-electron chi connectivity index (χ0n) is 12.4. The SMILES string of the molecule is CCCC(C(=O)OC)C(=O)C1CCCCC12OCCO2. The lowest BCUT2D eigenvalue weighted by atomic mass is 9.76. The first-order valence-electron chi connectivity index (χ1n) is 7.54. The monoisotopic (exact) mass is 284 g/mol. The van der Waals surface area contributed by atoms with Gasteiger partial charge < -0.3 is 14.2 Å². The first-order chi connectivity index (χ1) is 9.64. The van der Waals surface area contributed by atoms with E-state index in [2.05, 4.69) is 0 Å². The van der Waals surface area contributed by atoms with Gasteiger partial charge in [-0.05, 0) is 19.3 Å². The summed E-state index contributed by atoms with van der Waals surface area (Å²) in [4.78, 5) is 24.7. The summed E-state index contributed by atoms with van der Waals surface area (Å²) < 4.78 is 16.3. The molecule has 0 N–H and O–H groups in total. The van der Waals surface area contributed by atoms with E-state index in [9.17, 15) is 9.59 Å². The Morgan fingerprint density at radius 3 is 2.60 bits per heavy atom. The fraction of sp³-hybridized carbons (Fsp3) is 0.867. The third-order valence-electron chi connectivity index (χ3n) is 4.32. The Hall–Kier alpha value is -0.940. The van der Waals surface area contributed by atoms with Gasteiger partial charge in [0.15, 0.2) is 11.6 Å². The first kappa shape index (κ1) is 15.4. The van der Waals surface area contributed by atoms with Crippen LogP contribution in [0, 0.1) is 11.8 Å². The summed E-state index contributed by atoms with van der Waals surface area (Å²) in [5.74, 6) is -2.31. The number of rotatable bonds is 5. The van der Waals surface area contributed by atoms with Gasteiger partial charge in [0.2, 0.25) is 0 Å². The van der Waals surface area contributed by atoms with Crippen LogP contribution in [0.15, 0.2) is 0 Å². The molecule has 20 heavy (non-hydrogen) atoms. The molecule has 2 rings (SSSR count). The quantitative estimate of drug-likeness (QED) is 0.571. The fourth-order valence-electron chi connectivity index (χ4n) is 3.34. The molecule has 0 aromatic rings. The first-order valence-corrected chi connectivity index (χ1v) is 7.54. The van der Waals surface area contributed by atoms with Crippen LogP contribution in [0.5, 0.6) is 0 Å². The lowest BCUT2D eigenvalue weighted by molar-refractivity contribution is -0.213. The number of Topliss-reactive ketones (excluding diaryl/α,β-unsaturated/α-hetero) is 1. The van der Waals surface area contributed by atoms with Gasteiger partial charge in [-0.3, -0.25) is 9.59 Å². The molecule has 2 atom stereocenters. The van der Waals surface area contributed by atoms with Crippen molar-refractivity contribution in [1.29, 1.82) is 0 Å². The van der Waals surface area contributed by atoms with Gasteiger partial charge in [-0.15, -0.1) is 0 Å². The Labute approximate surface area is 120 Å². The molecular formula is C15H24O5. The van der Waals surface area contributed by atoms with Crippen LogP contribution in [0.2, 0.25) is 0 Å². The Kier molecular flexibility index (Phi) is 5.16. The zero-order chi connectivity index (χ0) is 14.6. The van der Waals surface area contributed by atoms with E-state index < -0.39 is 17.7 Å². The van der Waals surface area contributed by atoms with Crippen molar-refractivity contribution in [3.8, 4) is 0 Å². The van der Waals surface area contributed by atoms with E-state index in [1.807, 2.05) is 6.92 Å². The van der Waals surface area contributed by atoms with Crippen molar-refractivity contribution in [2.24, 2.45) is 11.8 Å². The number of ether oxygens (including phenoxy) is 3. The van der Waals surface area contributed by atoms with Crippen LogP contribution in [-0.4, -0.2) is 37.9 Å². The van der Waals surface area contributed by atoms with Gasteiger partial charge in [-0.2, -0.15) is 0 Å². The predicted molar refractivity (Wildman–Crippen MR) is 72.0 cm³/mol. The maximum atomic E-state index is 12.8. The average molecular weight is 284 g/mol. The van der Waals surface area contributed by atoms with Gasteiger partial charge in [0.25, 0.3) is 0 Å². The highest BCUT2D eigenvalue weighted by Crippen LogP contribution is 2.42. The van der Waals surface area contributed by atoms with Crippen molar-refractivity contribution < 1.29 is 23.8 Å². The molecule has 1 aliphatic carbocycles. The topological polar surface area (TPSA) is 61.8 Å². The van der Waals surface area contributed by atoms with E-state index in [4.69, 9.17) is 14.2 Å². The second-order valence-electron chi connectivity index (χ2n) is 5.57. The summed E-state index contributed by atoms with van der Waals surface area (Å²) in [5.41, 5.74) is 0. The Bertz CT molecular complexity index is 359. The van der Waals surface area contributed by atoms with Gasteiger partial charge in [0.1, 0.15) is 5.92 Å². The average Bonchev–Trinajstić information content (AvgIpc) is 2.92. The van der Waals surface area contributed by atoms with Crippen LogP contribution in [0.3, 0.4) is 0 Å². The lowest BCUT2D eigenvalue weighted by Crippen LogP contribution is -2.48. The van der Waals surface area contributed by atoms with Crippen molar-refractivity contribution in [1.82, 2.24) is 0 Å². The molecular weight excluding hydrogens is 260 g/mol. The Morgan fingerprint density at radius 1 is 1.30 bits per heavy atom. The third-order valence-corrected chi connectivity index (χ3v) is 4.32. The number of carbonyl (C=O) groups excluding carboxylic acids is 2. The number of hydrogen-bond donors (Lipinski definition) is 0. The third kappa shape index (κ3) is 2.88. The molecule has 0 radical (unpaired) electrons. The van der Waals surface area contributed by atoms with Crippen LogP contribution < -0.4 is 0 Å². The minimum absolute atomic E-state index is 0.0692. The van der Waals surface area contributed by atoms with Crippen LogP contribution >= 0.6 is 0 Å². The summed E-state index contributed by atoms with van der Waals surface area (Å²) in [6, 6.07) is 0. The summed E-state index contributed by atoms with van der Waals surface area (Å²) in [6.45, 7) is 3.02. The molecule has 2 unspecified atom stereocenters. The molecule has 1 heterocycles. The molecule has 2 aliphatic rings. The molecule has 1 saturated heterocycles. The van der Waals surface area contributed by atoms with Crippen LogP contribution in [0.4, 0.5) is 0 Å². The molecule has 1 aliphatic heterocycles.